The Morgan fingerprint density at radius 2 is 1.27 bits per heavy atom. The van der Waals surface area contributed by atoms with E-state index in [9.17, 15) is 0 Å². The van der Waals surface area contributed by atoms with Crippen molar-refractivity contribution in [3.63, 3.8) is 0 Å². The van der Waals surface area contributed by atoms with Crippen LogP contribution < -0.4 is 0 Å². The van der Waals surface area contributed by atoms with E-state index in [4.69, 9.17) is 0 Å². The summed E-state index contributed by atoms with van der Waals surface area (Å²) in [6.07, 6.45) is 0. The van der Waals surface area contributed by atoms with Gasteiger partial charge in [0.05, 0.1) is 0 Å². The van der Waals surface area contributed by atoms with Crippen molar-refractivity contribution in [2.75, 3.05) is 0 Å². The third kappa shape index (κ3) is 8.88. The Kier molecular flexibility index (Phi) is 23.9. The van der Waals surface area contributed by atoms with E-state index in [0.717, 1.165) is 0 Å². The van der Waals surface area contributed by atoms with Gasteiger partial charge in [0.2, 0.25) is 0 Å². The maximum absolute atomic E-state index is 2.08. The topological polar surface area (TPSA) is 0 Å². The van der Waals surface area contributed by atoms with Crippen LogP contribution in [0.4, 0.5) is 0 Å². The van der Waals surface area contributed by atoms with Crippen LogP contribution in [0.1, 0.15) is 5.56 Å². The molecule has 0 N–H and O–H groups in total. The largest absolute Gasteiger partial charge is 0.358 e. The Hall–Kier alpha value is -1.12. The third-order valence-corrected chi connectivity index (χ3v) is 0.940. The smallest absolute Gasteiger partial charge is 0 e. The van der Waals surface area contributed by atoms with E-state index in [1.165, 1.54) is 5.56 Å². The molecule has 0 aromatic heterocycles. The summed E-state index contributed by atoms with van der Waals surface area (Å²) >= 11 is 0. The SMILES string of the molecule is Cc1ccccc1.[CH3-].[CH3-].[Re].[Rf]. The molecular weight excluding hydrogens is 561 g/mol. The second kappa shape index (κ2) is 11.7. The Morgan fingerprint density at radius 3 is 1.45 bits per heavy atom. The second-order valence-corrected chi connectivity index (χ2v) is 1.65. The zero-order chi connectivity index (χ0) is 5.11. The van der Waals surface area contributed by atoms with Gasteiger partial charge in [-0.25, -0.2) is 0 Å². The molecule has 0 unspecified atom stereocenters. The summed E-state index contributed by atoms with van der Waals surface area (Å²) < 4.78 is 0. The van der Waals surface area contributed by atoms with Crippen molar-refractivity contribution in [1.29, 1.82) is 0 Å². The number of aryl methyl sites for hydroxylation is 1. The molecule has 2 heteroatoms. The van der Waals surface area contributed by atoms with Gasteiger partial charge in [-0.05, 0) is 6.92 Å². The van der Waals surface area contributed by atoms with Crippen molar-refractivity contribution in [2.24, 2.45) is 0 Å². The number of benzene rings is 1. The van der Waals surface area contributed by atoms with Gasteiger partial charge in [-0.1, -0.05) is 35.9 Å². The quantitative estimate of drug-likeness (QED) is 0.418. The molecule has 1 radical (unpaired) electrons. The summed E-state index contributed by atoms with van der Waals surface area (Å²) in [4.78, 5) is 0. The van der Waals surface area contributed by atoms with Gasteiger partial charge in [0.25, 0.3) is 0 Å². The van der Waals surface area contributed by atoms with Crippen LogP contribution in [0.25, 0.3) is 0 Å². The Labute approximate surface area is 78.3 Å². The predicted molar refractivity (Wildman–Crippen MR) is 44.0 cm³/mol. The summed E-state index contributed by atoms with van der Waals surface area (Å²) in [5.74, 6) is 0. The van der Waals surface area contributed by atoms with Gasteiger partial charge in [-0.3, -0.25) is 0 Å². The van der Waals surface area contributed by atoms with Gasteiger partial charge in [0.15, 0.2) is 0 Å². The van der Waals surface area contributed by atoms with Crippen molar-refractivity contribution in [3.05, 3.63) is 50.7 Å². The molecule has 11 heavy (non-hydrogen) atoms. The molecule has 0 aliphatic heterocycles. The number of hydrogen-bond acceptors (Lipinski definition) is 0. The third-order valence-electron chi connectivity index (χ3n) is 0.940. The first-order valence-electron chi connectivity index (χ1n) is 2.41. The molecule has 0 saturated carbocycles. The van der Waals surface area contributed by atoms with Gasteiger partial charge in [0.1, 0.15) is 0 Å². The Balaban J connectivity index is -0.0000000612. The minimum Gasteiger partial charge on any atom is -0.358 e. The first-order chi connectivity index (χ1) is 3.39. The van der Waals surface area contributed by atoms with Gasteiger partial charge < -0.3 is 14.9 Å². The van der Waals surface area contributed by atoms with Gasteiger partial charge in [-0.2, -0.15) is 0 Å². The molecular formula is C9H14ReRf-2. The van der Waals surface area contributed by atoms with Crippen LogP contribution in [0.15, 0.2) is 30.3 Å². The van der Waals surface area contributed by atoms with E-state index >= 15 is 0 Å². The molecule has 0 atom stereocenters. The van der Waals surface area contributed by atoms with Crippen LogP contribution in [0.3, 0.4) is 0 Å². The van der Waals surface area contributed by atoms with E-state index < -0.39 is 0 Å². The summed E-state index contributed by atoms with van der Waals surface area (Å²) in [6.45, 7) is 2.08. The Bertz CT molecular complexity index is 139. The molecule has 1 aromatic rings. The molecule has 0 amide bonds. The summed E-state index contributed by atoms with van der Waals surface area (Å²) in [6, 6.07) is 10.3. The van der Waals surface area contributed by atoms with Crippen LogP contribution >= 0.6 is 0 Å². The van der Waals surface area contributed by atoms with E-state index in [2.05, 4.69) is 19.1 Å². The predicted octanol–water partition coefficient (Wildman–Crippen LogP) is 2.89. The van der Waals surface area contributed by atoms with Crippen molar-refractivity contribution < 1.29 is 20.4 Å². The Morgan fingerprint density at radius 1 is 0.909 bits per heavy atom. The molecule has 1 rings (SSSR count). The first kappa shape index (κ1) is 22.5. The molecule has 0 saturated heterocycles. The van der Waals surface area contributed by atoms with E-state index in [1.54, 1.807) is 0 Å². The van der Waals surface area contributed by atoms with E-state index in [1.807, 2.05) is 18.2 Å². The maximum atomic E-state index is 2.08. The normalized spacial score (nSPS) is 5.55. The van der Waals surface area contributed by atoms with Crippen LogP contribution in [0, 0.1) is 21.8 Å². The minimum atomic E-state index is 0. The second-order valence-electron chi connectivity index (χ2n) is 1.65. The molecule has 1 aromatic carbocycles. The standard InChI is InChI=1S/C7H8.2CH3.Re.Rf/c1-7-5-3-2-4-6-7;;;;/h2-6H,1H3;2*1H3;;/q;2*-1;;. The molecule has 0 aliphatic rings. The zero-order valence-corrected chi connectivity index (χ0v) is 16.6. The van der Waals surface area contributed by atoms with Crippen LogP contribution in [0.5, 0.6) is 0 Å². The molecule has 0 spiro atoms. The molecule has 61 valence electrons. The zero-order valence-electron chi connectivity index (χ0n) is 7.47. The summed E-state index contributed by atoms with van der Waals surface area (Å²) in [7, 11) is 0. The van der Waals surface area contributed by atoms with Crippen molar-refractivity contribution in [2.45, 2.75) is 6.92 Å². The molecule has 0 bridgehead atoms. The van der Waals surface area contributed by atoms with Crippen LogP contribution in [0.2, 0.25) is 0 Å². The fraction of sp³-hybridized carbons (Fsp3) is 0.111. The van der Waals surface area contributed by atoms with E-state index in [-0.39, 0.29) is 35.3 Å². The van der Waals surface area contributed by atoms with Crippen molar-refractivity contribution in [1.82, 2.24) is 0 Å². The molecule has 0 nitrogen and oxygen atoms in total. The molecule has 0 aliphatic carbocycles. The van der Waals surface area contributed by atoms with Crippen molar-refractivity contribution >= 4 is 0 Å². The van der Waals surface area contributed by atoms with E-state index in [0.29, 0.717) is 0 Å². The van der Waals surface area contributed by atoms with Gasteiger partial charge in [-0.15, -0.1) is 0 Å². The number of hydrogen-bond donors (Lipinski definition) is 0. The fourth-order valence-corrected chi connectivity index (χ4v) is 0.534. The first-order valence-corrected chi connectivity index (χ1v) is 2.41. The molecule has 0 heterocycles. The fourth-order valence-electron chi connectivity index (χ4n) is 0.534. The van der Waals surface area contributed by atoms with Gasteiger partial charge in [0, 0.05) is 20.4 Å². The van der Waals surface area contributed by atoms with Crippen LogP contribution in [-0.4, -0.2) is 0 Å². The minimum absolute atomic E-state index is 0. The van der Waals surface area contributed by atoms with Crippen molar-refractivity contribution in [3.8, 4) is 0 Å². The van der Waals surface area contributed by atoms with Gasteiger partial charge >= 0.3 is 0 Å². The monoisotopic (exact) mass is 576 g/mol. The summed E-state index contributed by atoms with van der Waals surface area (Å²) in [5.41, 5.74) is 1.32. The average molecular weight is 575 g/mol. The maximum Gasteiger partial charge on any atom is 0 e. The molecule has 0 fully saturated rings. The average Bonchev–Trinajstić information content (AvgIpc) is 1.69. The number of rotatable bonds is 0. The summed E-state index contributed by atoms with van der Waals surface area (Å²) in [5, 5.41) is 0. The van der Waals surface area contributed by atoms with Crippen LogP contribution in [-0.2, 0) is 20.4 Å².